The van der Waals surface area contributed by atoms with Crippen LogP contribution in [-0.2, 0) is 13.0 Å². The van der Waals surface area contributed by atoms with E-state index in [2.05, 4.69) is 28.0 Å². The molecule has 1 fully saturated rings. The molecule has 0 saturated heterocycles. The standard InChI is InChI=1S/C11H19N3/c1-2-3-11-13-7-9-14(11)8-6-12-10-4-5-10/h7,9-10,12H,2-6,8H2,1H3. The highest BCUT2D eigenvalue weighted by Gasteiger charge is 2.19. The normalized spacial score (nSPS) is 16.1. The summed E-state index contributed by atoms with van der Waals surface area (Å²) < 4.78 is 2.26. The van der Waals surface area contributed by atoms with Gasteiger partial charge in [0, 0.05) is 37.9 Å². The molecule has 1 aromatic rings. The number of nitrogens with one attached hydrogen (secondary N) is 1. The molecular weight excluding hydrogens is 174 g/mol. The van der Waals surface area contributed by atoms with Gasteiger partial charge in [-0.2, -0.15) is 0 Å². The predicted molar refractivity (Wildman–Crippen MR) is 57.2 cm³/mol. The number of aromatic nitrogens is 2. The van der Waals surface area contributed by atoms with Crippen molar-refractivity contribution in [3.8, 4) is 0 Å². The van der Waals surface area contributed by atoms with Crippen LogP contribution in [0.25, 0.3) is 0 Å². The Hall–Kier alpha value is -0.830. The van der Waals surface area contributed by atoms with Crippen LogP contribution in [0.5, 0.6) is 0 Å². The third kappa shape index (κ3) is 2.58. The molecule has 0 aliphatic heterocycles. The van der Waals surface area contributed by atoms with Crippen molar-refractivity contribution in [2.24, 2.45) is 0 Å². The van der Waals surface area contributed by atoms with Crippen molar-refractivity contribution in [2.75, 3.05) is 6.54 Å². The molecule has 1 N–H and O–H groups in total. The van der Waals surface area contributed by atoms with Crippen molar-refractivity contribution >= 4 is 0 Å². The maximum Gasteiger partial charge on any atom is 0.108 e. The number of aryl methyl sites for hydroxylation is 1. The summed E-state index contributed by atoms with van der Waals surface area (Å²) >= 11 is 0. The quantitative estimate of drug-likeness (QED) is 0.743. The first-order valence-electron chi connectivity index (χ1n) is 5.63. The Bertz CT molecular complexity index is 276. The highest BCUT2D eigenvalue weighted by Crippen LogP contribution is 2.18. The van der Waals surface area contributed by atoms with Gasteiger partial charge in [-0.1, -0.05) is 6.92 Å². The maximum atomic E-state index is 4.35. The average molecular weight is 193 g/mol. The van der Waals surface area contributed by atoms with Crippen molar-refractivity contribution in [1.29, 1.82) is 0 Å². The Balaban J connectivity index is 1.78. The molecule has 2 rings (SSSR count). The van der Waals surface area contributed by atoms with Gasteiger partial charge in [0.15, 0.2) is 0 Å². The van der Waals surface area contributed by atoms with Crippen LogP contribution in [0.4, 0.5) is 0 Å². The molecule has 1 aliphatic rings. The molecule has 14 heavy (non-hydrogen) atoms. The topological polar surface area (TPSA) is 29.9 Å². The zero-order valence-corrected chi connectivity index (χ0v) is 8.87. The third-order valence-electron chi connectivity index (χ3n) is 2.64. The first kappa shape index (κ1) is 9.71. The average Bonchev–Trinajstić information content (AvgIpc) is 2.89. The Morgan fingerprint density at radius 3 is 3.14 bits per heavy atom. The fourth-order valence-corrected chi connectivity index (χ4v) is 1.67. The van der Waals surface area contributed by atoms with E-state index in [0.29, 0.717) is 0 Å². The van der Waals surface area contributed by atoms with Gasteiger partial charge in [-0.05, 0) is 19.3 Å². The number of rotatable bonds is 6. The molecule has 1 aromatic heterocycles. The van der Waals surface area contributed by atoms with Crippen molar-refractivity contribution in [2.45, 2.75) is 45.2 Å². The third-order valence-corrected chi connectivity index (χ3v) is 2.64. The van der Waals surface area contributed by atoms with Gasteiger partial charge in [-0.3, -0.25) is 0 Å². The summed E-state index contributed by atoms with van der Waals surface area (Å²) in [4.78, 5) is 4.35. The SMILES string of the molecule is CCCc1nccn1CCNC1CC1. The molecule has 0 radical (unpaired) electrons. The van der Waals surface area contributed by atoms with Gasteiger partial charge < -0.3 is 9.88 Å². The van der Waals surface area contributed by atoms with Gasteiger partial charge in [0.25, 0.3) is 0 Å². The molecule has 78 valence electrons. The lowest BCUT2D eigenvalue weighted by Gasteiger charge is -2.07. The molecule has 3 nitrogen and oxygen atoms in total. The number of nitrogens with zero attached hydrogens (tertiary/aromatic N) is 2. The summed E-state index contributed by atoms with van der Waals surface area (Å²) in [6, 6.07) is 0.813. The van der Waals surface area contributed by atoms with E-state index in [-0.39, 0.29) is 0 Å². The van der Waals surface area contributed by atoms with Gasteiger partial charge >= 0.3 is 0 Å². The second-order valence-electron chi connectivity index (χ2n) is 4.02. The second-order valence-corrected chi connectivity index (χ2v) is 4.02. The molecule has 0 amide bonds. The molecule has 0 spiro atoms. The first-order chi connectivity index (χ1) is 6.90. The van der Waals surface area contributed by atoms with Gasteiger partial charge in [-0.15, -0.1) is 0 Å². The van der Waals surface area contributed by atoms with Crippen molar-refractivity contribution in [3.05, 3.63) is 18.2 Å². The Morgan fingerprint density at radius 1 is 1.57 bits per heavy atom. The minimum Gasteiger partial charge on any atom is -0.334 e. The fraction of sp³-hybridized carbons (Fsp3) is 0.727. The van der Waals surface area contributed by atoms with E-state index in [0.717, 1.165) is 25.6 Å². The van der Waals surface area contributed by atoms with Crippen LogP contribution in [0, 0.1) is 0 Å². The molecule has 0 atom stereocenters. The zero-order valence-electron chi connectivity index (χ0n) is 8.87. The summed E-state index contributed by atoms with van der Waals surface area (Å²) in [5, 5.41) is 3.52. The highest BCUT2D eigenvalue weighted by atomic mass is 15.1. The Kier molecular flexibility index (Phi) is 3.19. The van der Waals surface area contributed by atoms with Crippen LogP contribution in [0.15, 0.2) is 12.4 Å². The summed E-state index contributed by atoms with van der Waals surface area (Å²) in [5.41, 5.74) is 0. The number of hydrogen-bond donors (Lipinski definition) is 1. The largest absolute Gasteiger partial charge is 0.334 e. The van der Waals surface area contributed by atoms with E-state index in [4.69, 9.17) is 0 Å². The number of imidazole rings is 1. The minimum atomic E-state index is 0.813. The van der Waals surface area contributed by atoms with Crippen LogP contribution in [0.1, 0.15) is 32.0 Å². The predicted octanol–water partition coefficient (Wildman–Crippen LogP) is 1.59. The molecular formula is C11H19N3. The maximum absolute atomic E-state index is 4.35. The number of hydrogen-bond acceptors (Lipinski definition) is 2. The van der Waals surface area contributed by atoms with E-state index >= 15 is 0 Å². The minimum absolute atomic E-state index is 0.813. The summed E-state index contributed by atoms with van der Waals surface area (Å²) in [6.45, 7) is 4.34. The van der Waals surface area contributed by atoms with Crippen LogP contribution in [0.2, 0.25) is 0 Å². The Morgan fingerprint density at radius 2 is 2.43 bits per heavy atom. The molecule has 1 saturated carbocycles. The van der Waals surface area contributed by atoms with E-state index in [1.807, 2.05) is 6.20 Å². The first-order valence-corrected chi connectivity index (χ1v) is 5.63. The zero-order chi connectivity index (χ0) is 9.80. The van der Waals surface area contributed by atoms with E-state index in [9.17, 15) is 0 Å². The lowest BCUT2D eigenvalue weighted by atomic mass is 10.3. The van der Waals surface area contributed by atoms with Gasteiger partial charge in [0.05, 0.1) is 0 Å². The lowest BCUT2D eigenvalue weighted by Crippen LogP contribution is -2.22. The van der Waals surface area contributed by atoms with Gasteiger partial charge in [0.2, 0.25) is 0 Å². The molecule has 0 unspecified atom stereocenters. The van der Waals surface area contributed by atoms with Crippen LogP contribution < -0.4 is 5.32 Å². The molecule has 3 heteroatoms. The second kappa shape index (κ2) is 4.60. The lowest BCUT2D eigenvalue weighted by molar-refractivity contribution is 0.574. The fourth-order valence-electron chi connectivity index (χ4n) is 1.67. The molecule has 1 heterocycles. The smallest absolute Gasteiger partial charge is 0.108 e. The summed E-state index contributed by atoms with van der Waals surface area (Å²) in [6.07, 6.45) is 8.99. The van der Waals surface area contributed by atoms with Crippen LogP contribution >= 0.6 is 0 Å². The molecule has 0 bridgehead atoms. The summed E-state index contributed by atoms with van der Waals surface area (Å²) in [5.74, 6) is 1.23. The van der Waals surface area contributed by atoms with Crippen molar-refractivity contribution in [3.63, 3.8) is 0 Å². The van der Waals surface area contributed by atoms with Crippen LogP contribution in [-0.4, -0.2) is 22.1 Å². The monoisotopic (exact) mass is 193 g/mol. The highest BCUT2D eigenvalue weighted by molar-refractivity contribution is 4.92. The summed E-state index contributed by atoms with van der Waals surface area (Å²) in [7, 11) is 0. The van der Waals surface area contributed by atoms with E-state index < -0.39 is 0 Å². The van der Waals surface area contributed by atoms with Crippen molar-refractivity contribution < 1.29 is 0 Å². The molecule has 0 aromatic carbocycles. The van der Waals surface area contributed by atoms with Gasteiger partial charge in [0.1, 0.15) is 5.82 Å². The van der Waals surface area contributed by atoms with E-state index in [1.54, 1.807) is 0 Å². The van der Waals surface area contributed by atoms with Crippen molar-refractivity contribution in [1.82, 2.24) is 14.9 Å². The molecule has 1 aliphatic carbocycles. The van der Waals surface area contributed by atoms with E-state index in [1.165, 1.54) is 25.1 Å². The Labute approximate surface area is 85.5 Å². The van der Waals surface area contributed by atoms with Crippen LogP contribution in [0.3, 0.4) is 0 Å². The van der Waals surface area contributed by atoms with Gasteiger partial charge in [-0.25, -0.2) is 4.98 Å².